The van der Waals surface area contributed by atoms with E-state index < -0.39 is 64.5 Å². The lowest BCUT2D eigenvalue weighted by atomic mass is 9.86. The maximum Gasteiger partial charge on any atom is 0.417 e. The number of halogens is 12. The first-order valence-electron chi connectivity index (χ1n) is 10.9. The van der Waals surface area contributed by atoms with Crippen LogP contribution in [-0.4, -0.2) is 29.6 Å². The van der Waals surface area contributed by atoms with E-state index in [1.807, 2.05) is 0 Å². The second kappa shape index (κ2) is 12.5. The van der Waals surface area contributed by atoms with Gasteiger partial charge < -0.3 is 0 Å². The molecular weight excluding hydrogens is 626 g/mol. The molecule has 216 valence electrons. The van der Waals surface area contributed by atoms with Crippen molar-refractivity contribution >= 4 is 58.4 Å². The zero-order valence-electron chi connectivity index (χ0n) is 20.1. The van der Waals surface area contributed by atoms with E-state index in [1.54, 1.807) is 0 Å². The molecule has 1 unspecified atom stereocenters. The van der Waals surface area contributed by atoms with Gasteiger partial charge in [-0.2, -0.15) is 51.3 Å². The van der Waals surface area contributed by atoms with Crippen LogP contribution in [0, 0.1) is 5.41 Å². The number of allylic oxidation sites excluding steroid dienone is 1. The second-order valence-corrected chi connectivity index (χ2v) is 11.5. The molecule has 0 heterocycles. The van der Waals surface area contributed by atoms with Crippen molar-refractivity contribution in [1.29, 1.82) is 0 Å². The summed E-state index contributed by atoms with van der Waals surface area (Å²) in [6.45, 7) is 2.90. The summed E-state index contributed by atoms with van der Waals surface area (Å²) >= 11 is 17.9. The SMILES string of the molecule is CC(C)(CSCC(F)(F)F)CC(=O)c1ccc(/C=C/C(c2cc(Cl)c(Cl)c(Cl)c2)C(F)(F)F)cc1C(F)(F)F. The maximum absolute atomic E-state index is 13.8. The molecule has 14 heteroatoms. The van der Waals surface area contributed by atoms with E-state index in [-0.39, 0.29) is 26.4 Å². The fourth-order valence-electron chi connectivity index (χ4n) is 3.54. The lowest BCUT2D eigenvalue weighted by Crippen LogP contribution is -2.23. The van der Waals surface area contributed by atoms with Gasteiger partial charge in [-0.05, 0) is 40.5 Å². The van der Waals surface area contributed by atoms with Gasteiger partial charge in [-0.25, -0.2) is 0 Å². The van der Waals surface area contributed by atoms with Gasteiger partial charge in [0.1, 0.15) is 0 Å². The van der Waals surface area contributed by atoms with Gasteiger partial charge in [-0.1, -0.05) is 72.9 Å². The van der Waals surface area contributed by atoms with Crippen molar-refractivity contribution in [2.24, 2.45) is 5.41 Å². The van der Waals surface area contributed by atoms with Gasteiger partial charge in [-0.15, -0.1) is 0 Å². The summed E-state index contributed by atoms with van der Waals surface area (Å²) in [7, 11) is 0. The number of benzene rings is 2. The van der Waals surface area contributed by atoms with E-state index in [2.05, 4.69) is 0 Å². The fraction of sp³-hybridized carbons (Fsp3) is 0.400. The maximum atomic E-state index is 13.8. The predicted octanol–water partition coefficient (Wildman–Crippen LogP) is 10.9. The molecule has 0 radical (unpaired) electrons. The summed E-state index contributed by atoms with van der Waals surface area (Å²) in [5.41, 5.74) is -3.85. The van der Waals surface area contributed by atoms with Crippen LogP contribution >= 0.6 is 46.6 Å². The van der Waals surface area contributed by atoms with Crippen LogP contribution in [0.4, 0.5) is 39.5 Å². The lowest BCUT2D eigenvalue weighted by Gasteiger charge is -2.24. The van der Waals surface area contributed by atoms with Gasteiger partial charge in [0.25, 0.3) is 0 Å². The molecule has 0 fully saturated rings. The summed E-state index contributed by atoms with van der Waals surface area (Å²) in [6, 6.07) is 4.29. The highest BCUT2D eigenvalue weighted by Crippen LogP contribution is 2.42. The van der Waals surface area contributed by atoms with Gasteiger partial charge in [0.05, 0.1) is 32.3 Å². The molecule has 2 aromatic rings. The zero-order chi connectivity index (χ0) is 30.0. The van der Waals surface area contributed by atoms with Crippen LogP contribution in [-0.2, 0) is 6.18 Å². The first-order valence-corrected chi connectivity index (χ1v) is 13.2. The van der Waals surface area contributed by atoms with Crippen molar-refractivity contribution in [3.8, 4) is 0 Å². The Hall–Kier alpha value is -1.56. The Balaban J connectivity index is 2.38. The van der Waals surface area contributed by atoms with Crippen molar-refractivity contribution in [2.45, 2.75) is 44.7 Å². The number of hydrogen-bond donors (Lipinski definition) is 0. The van der Waals surface area contributed by atoms with E-state index in [4.69, 9.17) is 34.8 Å². The molecule has 0 aliphatic carbocycles. The topological polar surface area (TPSA) is 17.1 Å². The number of alkyl halides is 9. The minimum Gasteiger partial charge on any atom is -0.294 e. The quantitative estimate of drug-likeness (QED) is 0.153. The van der Waals surface area contributed by atoms with Crippen LogP contribution in [0.1, 0.15) is 53.2 Å². The van der Waals surface area contributed by atoms with Gasteiger partial charge in [0, 0.05) is 12.0 Å². The number of thioether (sulfide) groups is 1. The third-order valence-corrected chi connectivity index (χ3v) is 7.96. The summed E-state index contributed by atoms with van der Waals surface area (Å²) < 4.78 is 120. The largest absolute Gasteiger partial charge is 0.417 e. The molecule has 1 nitrogen and oxygen atoms in total. The summed E-state index contributed by atoms with van der Waals surface area (Å²) in [6.07, 6.45) is -13.4. The molecular formula is C25H20Cl3F9OS. The van der Waals surface area contributed by atoms with E-state index in [1.165, 1.54) is 13.8 Å². The Bertz CT molecular complexity index is 1200. The van der Waals surface area contributed by atoms with Gasteiger partial charge in [-0.3, -0.25) is 4.79 Å². The average molecular weight is 646 g/mol. The molecule has 0 bridgehead atoms. The molecule has 39 heavy (non-hydrogen) atoms. The van der Waals surface area contributed by atoms with Crippen LogP contribution in [0.5, 0.6) is 0 Å². The molecule has 0 aliphatic rings. The Morgan fingerprint density at radius 1 is 0.897 bits per heavy atom. The second-order valence-electron chi connectivity index (χ2n) is 9.35. The molecule has 0 aromatic heterocycles. The molecule has 0 saturated heterocycles. The van der Waals surface area contributed by atoms with Gasteiger partial charge >= 0.3 is 18.5 Å². The lowest BCUT2D eigenvalue weighted by molar-refractivity contribution is -0.139. The van der Waals surface area contributed by atoms with Crippen LogP contribution in [0.3, 0.4) is 0 Å². The van der Waals surface area contributed by atoms with E-state index in [9.17, 15) is 44.3 Å². The minimum absolute atomic E-state index is 0.141. The van der Waals surface area contributed by atoms with Crippen LogP contribution in [0.25, 0.3) is 6.08 Å². The number of Topliss-reactive ketones (excluding diaryl/α,β-unsaturated/α-hetero) is 1. The molecule has 2 rings (SSSR count). The Morgan fingerprint density at radius 3 is 1.95 bits per heavy atom. The van der Waals surface area contributed by atoms with Gasteiger partial charge in [0.15, 0.2) is 5.78 Å². The van der Waals surface area contributed by atoms with Crippen LogP contribution in [0.2, 0.25) is 15.1 Å². The van der Waals surface area contributed by atoms with Crippen molar-refractivity contribution < 1.29 is 44.3 Å². The normalized spacial score (nSPS) is 14.2. The number of ketones is 1. The monoisotopic (exact) mass is 644 g/mol. The highest BCUT2D eigenvalue weighted by atomic mass is 35.5. The Kier molecular flexibility index (Phi) is 10.8. The molecule has 0 saturated carbocycles. The zero-order valence-corrected chi connectivity index (χ0v) is 23.2. The fourth-order valence-corrected chi connectivity index (χ4v) is 5.14. The van der Waals surface area contributed by atoms with Crippen molar-refractivity contribution in [3.05, 3.63) is 73.7 Å². The number of carbonyl (C=O) groups is 1. The van der Waals surface area contributed by atoms with Crippen molar-refractivity contribution in [1.82, 2.24) is 0 Å². The minimum atomic E-state index is -5.04. The summed E-state index contributed by atoms with van der Waals surface area (Å²) in [5.74, 6) is -4.57. The molecule has 0 N–H and O–H groups in total. The Morgan fingerprint density at radius 2 is 1.46 bits per heavy atom. The number of carbonyl (C=O) groups excluding carboxylic acids is 1. The first kappa shape index (κ1) is 33.6. The standard InChI is InChI=1S/C25H20Cl3F9OS/c1-22(2,11-39-12-23(29,30)31)10-20(38)15-5-3-13(7-17(15)25(35,36)37)4-6-16(24(32,33)34)14-8-18(26)21(28)19(27)9-14/h3-9,16H,10-12H2,1-2H3/b6-4+. The average Bonchev–Trinajstić information content (AvgIpc) is 2.74. The number of hydrogen-bond acceptors (Lipinski definition) is 2. The third kappa shape index (κ3) is 10.1. The third-order valence-electron chi connectivity index (χ3n) is 5.25. The van der Waals surface area contributed by atoms with E-state index in [0.29, 0.717) is 23.9 Å². The van der Waals surface area contributed by atoms with E-state index in [0.717, 1.165) is 30.3 Å². The highest BCUT2D eigenvalue weighted by molar-refractivity contribution is 7.99. The molecule has 0 amide bonds. The summed E-state index contributed by atoms with van der Waals surface area (Å²) in [5, 5.41) is -0.656. The van der Waals surface area contributed by atoms with Crippen molar-refractivity contribution in [3.63, 3.8) is 0 Å². The molecule has 0 spiro atoms. The predicted molar refractivity (Wildman–Crippen MR) is 137 cm³/mol. The summed E-state index contributed by atoms with van der Waals surface area (Å²) in [4.78, 5) is 12.7. The number of rotatable bonds is 9. The van der Waals surface area contributed by atoms with Crippen LogP contribution in [0.15, 0.2) is 36.4 Å². The van der Waals surface area contributed by atoms with Gasteiger partial charge in [0.2, 0.25) is 0 Å². The highest BCUT2D eigenvalue weighted by Gasteiger charge is 2.40. The molecule has 0 aliphatic heterocycles. The van der Waals surface area contributed by atoms with Crippen LogP contribution < -0.4 is 0 Å². The van der Waals surface area contributed by atoms with Crippen molar-refractivity contribution in [2.75, 3.05) is 11.5 Å². The van der Waals surface area contributed by atoms with E-state index >= 15 is 0 Å². The molecule has 2 aromatic carbocycles. The Labute approximate surface area is 237 Å². The smallest absolute Gasteiger partial charge is 0.294 e. The molecule has 1 atom stereocenters. The first-order chi connectivity index (χ1) is 17.6.